The first-order valence-electron chi connectivity index (χ1n) is 6.07. The summed E-state index contributed by atoms with van der Waals surface area (Å²) in [6.45, 7) is 5.65. The molecule has 1 rings (SSSR count). The Kier molecular flexibility index (Phi) is 4.74. The van der Waals surface area contributed by atoms with E-state index < -0.39 is 11.5 Å². The maximum Gasteiger partial charge on any atom is 0.324 e. The number of hydrogen-bond acceptors (Lipinski definition) is 3. The van der Waals surface area contributed by atoms with E-state index in [1.165, 1.54) is 0 Å². The molecule has 2 atom stereocenters. The maximum absolute atomic E-state index is 11.5. The van der Waals surface area contributed by atoms with Crippen LogP contribution in [-0.2, 0) is 9.53 Å². The summed E-state index contributed by atoms with van der Waals surface area (Å²) < 4.78 is 5.06. The van der Waals surface area contributed by atoms with Crippen LogP contribution in [0.4, 0.5) is 0 Å². The third-order valence-electron chi connectivity index (χ3n) is 3.79. The molecule has 0 aromatic rings. The highest BCUT2D eigenvalue weighted by molar-refractivity contribution is 5.79. The molecule has 4 nitrogen and oxygen atoms in total. The molecule has 0 amide bonds. The Morgan fingerprint density at radius 1 is 1.62 bits per heavy atom. The first-order valence-corrected chi connectivity index (χ1v) is 6.07. The smallest absolute Gasteiger partial charge is 0.324 e. The number of nitrogens with zero attached hydrogens (tertiary/aromatic N) is 1. The second-order valence-corrected chi connectivity index (χ2v) is 4.62. The Morgan fingerprint density at radius 2 is 2.31 bits per heavy atom. The van der Waals surface area contributed by atoms with Crippen molar-refractivity contribution in [3.05, 3.63) is 0 Å². The SMILES string of the molecule is CCC1(C(=O)O)CCCN1C(C)CCOC. The molecule has 0 saturated carbocycles. The van der Waals surface area contributed by atoms with Crippen LogP contribution in [0.1, 0.15) is 39.5 Å². The number of methoxy groups -OCH3 is 1. The Labute approximate surface area is 97.6 Å². The fourth-order valence-electron chi connectivity index (χ4n) is 2.75. The lowest BCUT2D eigenvalue weighted by atomic mass is 9.91. The van der Waals surface area contributed by atoms with Crippen molar-refractivity contribution < 1.29 is 14.6 Å². The van der Waals surface area contributed by atoms with Gasteiger partial charge in [-0.15, -0.1) is 0 Å². The molecule has 1 heterocycles. The summed E-state index contributed by atoms with van der Waals surface area (Å²) in [6.07, 6.45) is 3.33. The van der Waals surface area contributed by atoms with E-state index >= 15 is 0 Å². The van der Waals surface area contributed by atoms with Crippen molar-refractivity contribution in [3.63, 3.8) is 0 Å². The largest absolute Gasteiger partial charge is 0.480 e. The summed E-state index contributed by atoms with van der Waals surface area (Å²) in [5.41, 5.74) is -0.632. The van der Waals surface area contributed by atoms with Crippen LogP contribution in [0.25, 0.3) is 0 Å². The fourth-order valence-corrected chi connectivity index (χ4v) is 2.75. The molecule has 1 saturated heterocycles. The second kappa shape index (κ2) is 5.64. The Bertz CT molecular complexity index is 244. The van der Waals surface area contributed by atoms with Crippen LogP contribution in [-0.4, -0.2) is 47.8 Å². The van der Waals surface area contributed by atoms with Gasteiger partial charge >= 0.3 is 5.97 Å². The van der Waals surface area contributed by atoms with Crippen LogP contribution in [0, 0.1) is 0 Å². The summed E-state index contributed by atoms with van der Waals surface area (Å²) in [5.74, 6) is -0.670. The van der Waals surface area contributed by atoms with Crippen LogP contribution in [0.5, 0.6) is 0 Å². The van der Waals surface area contributed by atoms with Gasteiger partial charge in [-0.05, 0) is 39.2 Å². The van der Waals surface area contributed by atoms with Crippen molar-refractivity contribution in [1.29, 1.82) is 0 Å². The van der Waals surface area contributed by atoms with Gasteiger partial charge in [-0.1, -0.05) is 6.92 Å². The minimum atomic E-state index is -0.670. The zero-order valence-corrected chi connectivity index (χ0v) is 10.5. The molecule has 1 aliphatic rings. The highest BCUT2D eigenvalue weighted by atomic mass is 16.5. The monoisotopic (exact) mass is 229 g/mol. The minimum absolute atomic E-state index is 0.276. The Morgan fingerprint density at radius 3 is 2.81 bits per heavy atom. The molecule has 0 aromatic heterocycles. The number of aliphatic carboxylic acids is 1. The maximum atomic E-state index is 11.5. The van der Waals surface area contributed by atoms with Gasteiger partial charge in [-0.25, -0.2) is 0 Å². The van der Waals surface area contributed by atoms with Crippen LogP contribution < -0.4 is 0 Å². The third-order valence-corrected chi connectivity index (χ3v) is 3.79. The fraction of sp³-hybridized carbons (Fsp3) is 0.917. The average molecular weight is 229 g/mol. The lowest BCUT2D eigenvalue weighted by molar-refractivity contribution is -0.151. The summed E-state index contributed by atoms with van der Waals surface area (Å²) in [6, 6.07) is 0.276. The summed E-state index contributed by atoms with van der Waals surface area (Å²) in [4.78, 5) is 13.6. The van der Waals surface area contributed by atoms with E-state index in [1.807, 2.05) is 6.92 Å². The van der Waals surface area contributed by atoms with E-state index in [0.29, 0.717) is 13.0 Å². The van der Waals surface area contributed by atoms with Crippen LogP contribution in [0.3, 0.4) is 0 Å². The molecule has 0 aromatic carbocycles. The molecule has 1 fully saturated rings. The zero-order valence-electron chi connectivity index (χ0n) is 10.5. The van der Waals surface area contributed by atoms with Crippen molar-refractivity contribution in [2.75, 3.05) is 20.3 Å². The lowest BCUT2D eigenvalue weighted by Crippen LogP contribution is -2.53. The molecular formula is C12H23NO3. The van der Waals surface area contributed by atoms with E-state index in [2.05, 4.69) is 11.8 Å². The molecule has 1 aliphatic heterocycles. The Hall–Kier alpha value is -0.610. The molecule has 1 N–H and O–H groups in total. The second-order valence-electron chi connectivity index (χ2n) is 4.62. The molecule has 16 heavy (non-hydrogen) atoms. The molecule has 0 bridgehead atoms. The van der Waals surface area contributed by atoms with Crippen molar-refractivity contribution >= 4 is 5.97 Å². The standard InChI is InChI=1S/C12H23NO3/c1-4-12(11(14)15)7-5-8-13(12)10(2)6-9-16-3/h10H,4-9H2,1-3H3,(H,14,15). The predicted octanol–water partition coefficient (Wildman–Crippen LogP) is 1.74. The number of carboxylic acids is 1. The van der Waals surface area contributed by atoms with Gasteiger partial charge < -0.3 is 9.84 Å². The van der Waals surface area contributed by atoms with Crippen molar-refractivity contribution in [2.45, 2.75) is 51.1 Å². The van der Waals surface area contributed by atoms with E-state index in [1.54, 1.807) is 7.11 Å². The van der Waals surface area contributed by atoms with Crippen LogP contribution in [0.15, 0.2) is 0 Å². The molecule has 0 aliphatic carbocycles. The number of rotatable bonds is 6. The van der Waals surface area contributed by atoms with Gasteiger partial charge in [-0.3, -0.25) is 9.69 Å². The van der Waals surface area contributed by atoms with E-state index in [4.69, 9.17) is 4.74 Å². The average Bonchev–Trinajstić information content (AvgIpc) is 2.70. The van der Waals surface area contributed by atoms with Gasteiger partial charge in [0.15, 0.2) is 0 Å². The van der Waals surface area contributed by atoms with Gasteiger partial charge in [0.2, 0.25) is 0 Å². The molecule has 0 radical (unpaired) electrons. The first kappa shape index (κ1) is 13.5. The van der Waals surface area contributed by atoms with Crippen molar-refractivity contribution in [2.24, 2.45) is 0 Å². The normalized spacial score (nSPS) is 28.2. The molecular weight excluding hydrogens is 206 g/mol. The van der Waals surface area contributed by atoms with E-state index in [-0.39, 0.29) is 6.04 Å². The van der Waals surface area contributed by atoms with E-state index in [9.17, 15) is 9.90 Å². The molecule has 4 heteroatoms. The highest BCUT2D eigenvalue weighted by Gasteiger charge is 2.47. The third kappa shape index (κ3) is 2.38. The van der Waals surface area contributed by atoms with Gasteiger partial charge in [0.25, 0.3) is 0 Å². The predicted molar refractivity (Wildman–Crippen MR) is 62.6 cm³/mol. The van der Waals surface area contributed by atoms with E-state index in [0.717, 1.165) is 25.8 Å². The topological polar surface area (TPSA) is 49.8 Å². The van der Waals surface area contributed by atoms with Gasteiger partial charge in [0.1, 0.15) is 5.54 Å². The lowest BCUT2D eigenvalue weighted by Gasteiger charge is -2.38. The van der Waals surface area contributed by atoms with Gasteiger partial charge in [0, 0.05) is 19.8 Å². The zero-order chi connectivity index (χ0) is 12.2. The summed E-state index contributed by atoms with van der Waals surface area (Å²) in [7, 11) is 1.68. The summed E-state index contributed by atoms with van der Waals surface area (Å²) in [5, 5.41) is 9.44. The van der Waals surface area contributed by atoms with Crippen LogP contribution in [0.2, 0.25) is 0 Å². The number of carboxylic acid groups (broad SMARTS) is 1. The highest BCUT2D eigenvalue weighted by Crippen LogP contribution is 2.35. The number of likely N-dealkylation sites (tertiary alicyclic amines) is 1. The Balaban J connectivity index is 2.73. The molecule has 0 spiro atoms. The number of carbonyl (C=O) groups is 1. The molecule has 2 unspecified atom stereocenters. The minimum Gasteiger partial charge on any atom is -0.480 e. The van der Waals surface area contributed by atoms with Crippen molar-refractivity contribution in [1.82, 2.24) is 4.90 Å². The quantitative estimate of drug-likeness (QED) is 0.753. The summed E-state index contributed by atoms with van der Waals surface area (Å²) >= 11 is 0. The van der Waals surface area contributed by atoms with Gasteiger partial charge in [0.05, 0.1) is 0 Å². The molecule has 94 valence electrons. The number of ether oxygens (including phenoxy) is 1. The van der Waals surface area contributed by atoms with Crippen molar-refractivity contribution in [3.8, 4) is 0 Å². The first-order chi connectivity index (χ1) is 7.58. The van der Waals surface area contributed by atoms with Crippen LogP contribution >= 0.6 is 0 Å². The number of hydrogen-bond donors (Lipinski definition) is 1. The van der Waals surface area contributed by atoms with Gasteiger partial charge in [-0.2, -0.15) is 0 Å².